The van der Waals surface area contributed by atoms with Crippen LogP contribution < -0.4 is 0 Å². The number of benzene rings is 2. The van der Waals surface area contributed by atoms with Gasteiger partial charge in [-0.15, -0.1) is 0 Å². The van der Waals surface area contributed by atoms with Gasteiger partial charge in [-0.25, -0.2) is 4.68 Å². The van der Waals surface area contributed by atoms with Crippen molar-refractivity contribution in [2.45, 2.75) is 0 Å². The van der Waals surface area contributed by atoms with Crippen LogP contribution in [-0.4, -0.2) is 14.8 Å². The maximum Gasteiger partial charge on any atom is 0.0724 e. The molecular weight excluding hydrogens is 246 g/mol. The normalized spacial score (nSPS) is 11.0. The average molecular weight is 259 g/mol. The van der Waals surface area contributed by atoms with Gasteiger partial charge in [-0.05, 0) is 29.8 Å². The summed E-state index contributed by atoms with van der Waals surface area (Å²) in [5.41, 5.74) is 4.64. The van der Waals surface area contributed by atoms with E-state index in [1.54, 1.807) is 6.20 Å². The highest BCUT2D eigenvalue weighted by Gasteiger charge is 2.09. The summed E-state index contributed by atoms with van der Waals surface area (Å²) >= 11 is 0. The summed E-state index contributed by atoms with van der Waals surface area (Å²) in [6, 6.07) is 18.7. The van der Waals surface area contributed by atoms with Gasteiger partial charge in [0.25, 0.3) is 0 Å². The second kappa shape index (κ2) is 4.38. The molecule has 0 saturated carbocycles. The highest BCUT2D eigenvalue weighted by Crippen LogP contribution is 2.32. The van der Waals surface area contributed by atoms with Crippen LogP contribution >= 0.6 is 0 Å². The van der Waals surface area contributed by atoms with Gasteiger partial charge in [0.2, 0.25) is 0 Å². The summed E-state index contributed by atoms with van der Waals surface area (Å²) in [6.07, 6.45) is 5.74. The molecule has 0 aliphatic carbocycles. The number of aromatic amines is 1. The SMILES string of the molecule is c1ccc(-n2cccn2)c(-c2cccc3[nH]ccc23)c1. The minimum absolute atomic E-state index is 1.09. The summed E-state index contributed by atoms with van der Waals surface area (Å²) in [4.78, 5) is 3.26. The van der Waals surface area contributed by atoms with E-state index in [0.717, 1.165) is 11.2 Å². The van der Waals surface area contributed by atoms with E-state index in [9.17, 15) is 0 Å². The number of rotatable bonds is 2. The Balaban J connectivity index is 2.02. The summed E-state index contributed by atoms with van der Waals surface area (Å²) in [7, 11) is 0. The van der Waals surface area contributed by atoms with Crippen LogP contribution in [0.3, 0.4) is 0 Å². The number of nitrogens with one attached hydrogen (secondary N) is 1. The molecule has 0 unspecified atom stereocenters. The van der Waals surface area contributed by atoms with E-state index < -0.39 is 0 Å². The van der Waals surface area contributed by atoms with Crippen LogP contribution in [-0.2, 0) is 0 Å². The summed E-state index contributed by atoms with van der Waals surface area (Å²) in [5.74, 6) is 0. The van der Waals surface area contributed by atoms with E-state index in [0.29, 0.717) is 0 Å². The molecule has 0 saturated heterocycles. The van der Waals surface area contributed by atoms with E-state index in [1.807, 2.05) is 29.2 Å². The van der Waals surface area contributed by atoms with Gasteiger partial charge in [0.05, 0.1) is 5.69 Å². The molecule has 0 bridgehead atoms. The van der Waals surface area contributed by atoms with Gasteiger partial charge in [-0.1, -0.05) is 30.3 Å². The van der Waals surface area contributed by atoms with Gasteiger partial charge in [-0.2, -0.15) is 5.10 Å². The van der Waals surface area contributed by atoms with Gasteiger partial charge in [0.1, 0.15) is 0 Å². The van der Waals surface area contributed by atoms with Crippen LogP contribution in [0.4, 0.5) is 0 Å². The number of fused-ring (bicyclic) bond motifs is 1. The molecule has 2 heterocycles. The van der Waals surface area contributed by atoms with Crippen molar-refractivity contribution in [3.63, 3.8) is 0 Å². The number of aromatic nitrogens is 3. The Morgan fingerprint density at radius 1 is 0.850 bits per heavy atom. The van der Waals surface area contributed by atoms with Crippen molar-refractivity contribution < 1.29 is 0 Å². The van der Waals surface area contributed by atoms with Gasteiger partial charge < -0.3 is 4.98 Å². The summed E-state index contributed by atoms with van der Waals surface area (Å²) in [5, 5.41) is 5.58. The topological polar surface area (TPSA) is 33.6 Å². The Kier molecular flexibility index (Phi) is 2.42. The van der Waals surface area contributed by atoms with Gasteiger partial charge in [-0.3, -0.25) is 0 Å². The predicted octanol–water partition coefficient (Wildman–Crippen LogP) is 4.02. The molecule has 3 nitrogen and oxygen atoms in total. The number of H-pyrrole nitrogens is 1. The largest absolute Gasteiger partial charge is 0.361 e. The molecule has 0 aliphatic rings. The molecule has 0 atom stereocenters. The molecule has 1 N–H and O–H groups in total. The molecule has 20 heavy (non-hydrogen) atoms. The van der Waals surface area contributed by atoms with E-state index in [4.69, 9.17) is 0 Å². The fourth-order valence-corrected chi connectivity index (χ4v) is 2.63. The molecule has 3 heteroatoms. The molecule has 0 spiro atoms. The summed E-state index contributed by atoms with van der Waals surface area (Å²) in [6.45, 7) is 0. The van der Waals surface area contributed by atoms with Gasteiger partial charge >= 0.3 is 0 Å². The number of hydrogen-bond donors (Lipinski definition) is 1. The minimum Gasteiger partial charge on any atom is -0.361 e. The first-order valence-corrected chi connectivity index (χ1v) is 6.59. The highest BCUT2D eigenvalue weighted by molar-refractivity contribution is 5.97. The van der Waals surface area contributed by atoms with Crippen LogP contribution in [0.2, 0.25) is 0 Å². The maximum atomic E-state index is 4.35. The quantitative estimate of drug-likeness (QED) is 0.579. The van der Waals surface area contributed by atoms with Crippen molar-refractivity contribution in [3.8, 4) is 16.8 Å². The molecule has 4 aromatic rings. The van der Waals surface area contributed by atoms with Crippen LogP contribution in [0.1, 0.15) is 0 Å². The lowest BCUT2D eigenvalue weighted by Crippen LogP contribution is -1.97. The van der Waals surface area contributed by atoms with Gasteiger partial charge in [0, 0.05) is 35.1 Å². The van der Waals surface area contributed by atoms with Crippen molar-refractivity contribution >= 4 is 10.9 Å². The lowest BCUT2D eigenvalue weighted by Gasteiger charge is -2.10. The molecular formula is C17H13N3. The third-order valence-electron chi connectivity index (χ3n) is 3.54. The first-order valence-electron chi connectivity index (χ1n) is 6.59. The molecule has 2 aromatic heterocycles. The first-order chi connectivity index (χ1) is 9.93. The number of hydrogen-bond acceptors (Lipinski definition) is 1. The van der Waals surface area contributed by atoms with Crippen LogP contribution in [0, 0.1) is 0 Å². The molecule has 2 aromatic carbocycles. The van der Waals surface area contributed by atoms with Crippen molar-refractivity contribution in [2.24, 2.45) is 0 Å². The fourth-order valence-electron chi connectivity index (χ4n) is 2.63. The van der Waals surface area contributed by atoms with Crippen molar-refractivity contribution in [1.29, 1.82) is 0 Å². The molecule has 0 radical (unpaired) electrons. The third kappa shape index (κ3) is 1.64. The zero-order valence-corrected chi connectivity index (χ0v) is 10.8. The second-order valence-corrected chi connectivity index (χ2v) is 4.71. The molecule has 0 aliphatic heterocycles. The Hall–Kier alpha value is -2.81. The first kappa shape index (κ1) is 11.1. The molecule has 4 rings (SSSR count). The lowest BCUT2D eigenvalue weighted by atomic mass is 10.00. The number of para-hydroxylation sites is 1. The Labute approximate surface area is 116 Å². The Bertz CT molecular complexity index is 857. The third-order valence-corrected chi connectivity index (χ3v) is 3.54. The van der Waals surface area contributed by atoms with E-state index in [1.165, 1.54) is 16.5 Å². The highest BCUT2D eigenvalue weighted by atomic mass is 15.3. The zero-order valence-electron chi connectivity index (χ0n) is 10.8. The van der Waals surface area contributed by atoms with Crippen LogP contribution in [0.5, 0.6) is 0 Å². The second-order valence-electron chi connectivity index (χ2n) is 4.71. The van der Waals surface area contributed by atoms with E-state index >= 15 is 0 Å². The van der Waals surface area contributed by atoms with Crippen LogP contribution in [0.15, 0.2) is 73.2 Å². The lowest BCUT2D eigenvalue weighted by molar-refractivity contribution is 0.882. The predicted molar refractivity (Wildman–Crippen MR) is 80.9 cm³/mol. The minimum atomic E-state index is 1.09. The van der Waals surface area contributed by atoms with E-state index in [-0.39, 0.29) is 0 Å². The average Bonchev–Trinajstić information content (AvgIpc) is 3.18. The molecule has 0 amide bonds. The number of nitrogens with zero attached hydrogens (tertiary/aromatic N) is 2. The zero-order chi connectivity index (χ0) is 13.4. The smallest absolute Gasteiger partial charge is 0.0724 e. The summed E-state index contributed by atoms with van der Waals surface area (Å²) < 4.78 is 1.90. The van der Waals surface area contributed by atoms with Crippen molar-refractivity contribution in [3.05, 3.63) is 73.2 Å². The standard InChI is InChI=1S/C17H13N3/c1-2-8-17(20-12-4-10-19-20)15(5-1)13-6-3-7-16-14(13)9-11-18-16/h1-12,18H. The Morgan fingerprint density at radius 2 is 1.75 bits per heavy atom. The van der Waals surface area contributed by atoms with Crippen LogP contribution in [0.25, 0.3) is 27.7 Å². The molecule has 96 valence electrons. The monoisotopic (exact) mass is 259 g/mol. The van der Waals surface area contributed by atoms with Gasteiger partial charge in [0.15, 0.2) is 0 Å². The maximum absolute atomic E-state index is 4.35. The molecule has 0 fully saturated rings. The van der Waals surface area contributed by atoms with Crippen molar-refractivity contribution in [2.75, 3.05) is 0 Å². The van der Waals surface area contributed by atoms with Crippen molar-refractivity contribution in [1.82, 2.24) is 14.8 Å². The Morgan fingerprint density at radius 3 is 2.65 bits per heavy atom. The fraction of sp³-hybridized carbons (Fsp3) is 0. The van der Waals surface area contributed by atoms with E-state index in [2.05, 4.69) is 52.5 Å².